The van der Waals surface area contributed by atoms with Gasteiger partial charge in [0.1, 0.15) is 11.5 Å². The van der Waals surface area contributed by atoms with Crippen molar-refractivity contribution in [3.05, 3.63) is 53.1 Å². The largest absolute Gasteiger partial charge is 0.496 e. The second kappa shape index (κ2) is 8.97. The number of hydrogen-bond acceptors (Lipinski definition) is 4. The van der Waals surface area contributed by atoms with E-state index in [1.54, 1.807) is 23.1 Å². The summed E-state index contributed by atoms with van der Waals surface area (Å²) in [5.41, 5.74) is 1.21. The van der Waals surface area contributed by atoms with Crippen molar-refractivity contribution in [3.63, 3.8) is 0 Å². The molecular formula is C21H23ClN2O4. The van der Waals surface area contributed by atoms with E-state index in [1.807, 2.05) is 31.2 Å². The number of methoxy groups -OCH3 is 1. The third-order valence-corrected chi connectivity index (χ3v) is 4.86. The first-order valence-corrected chi connectivity index (χ1v) is 9.54. The van der Waals surface area contributed by atoms with E-state index >= 15 is 0 Å². The monoisotopic (exact) mass is 402 g/mol. The van der Waals surface area contributed by atoms with E-state index in [0.717, 1.165) is 11.4 Å². The molecule has 1 aliphatic rings. The zero-order chi connectivity index (χ0) is 20.1. The maximum atomic E-state index is 12.5. The van der Waals surface area contributed by atoms with Crippen LogP contribution in [0.2, 0.25) is 5.02 Å². The molecule has 0 bridgehead atoms. The third-order valence-electron chi connectivity index (χ3n) is 4.62. The summed E-state index contributed by atoms with van der Waals surface area (Å²) in [4.78, 5) is 26.6. The van der Waals surface area contributed by atoms with Crippen molar-refractivity contribution >= 4 is 29.1 Å². The molecule has 2 aromatic rings. The summed E-state index contributed by atoms with van der Waals surface area (Å²) in [5.74, 6) is 1.04. The fourth-order valence-electron chi connectivity index (χ4n) is 3.25. The molecule has 2 aromatic carbocycles. The quantitative estimate of drug-likeness (QED) is 0.769. The number of nitrogens with zero attached hydrogens (tertiary/aromatic N) is 1. The van der Waals surface area contributed by atoms with E-state index in [1.165, 1.54) is 7.11 Å². The third kappa shape index (κ3) is 4.57. The lowest BCUT2D eigenvalue weighted by atomic mass is 10.1. The number of ether oxygens (including phenoxy) is 2. The van der Waals surface area contributed by atoms with E-state index < -0.39 is 0 Å². The van der Waals surface area contributed by atoms with Gasteiger partial charge in [0.15, 0.2) is 0 Å². The molecule has 6 nitrogen and oxygen atoms in total. The van der Waals surface area contributed by atoms with E-state index in [4.69, 9.17) is 21.1 Å². The Kier molecular flexibility index (Phi) is 6.41. The highest BCUT2D eigenvalue weighted by Gasteiger charge is 2.31. The van der Waals surface area contributed by atoms with Crippen molar-refractivity contribution in [2.45, 2.75) is 13.3 Å². The fourth-order valence-corrected chi connectivity index (χ4v) is 3.42. The van der Waals surface area contributed by atoms with Gasteiger partial charge in [-0.2, -0.15) is 0 Å². The lowest BCUT2D eigenvalue weighted by Gasteiger charge is -2.17. The van der Waals surface area contributed by atoms with Crippen LogP contribution in [0.25, 0.3) is 0 Å². The maximum Gasteiger partial charge on any atom is 0.255 e. The Morgan fingerprint density at radius 1 is 1.25 bits per heavy atom. The molecule has 28 heavy (non-hydrogen) atoms. The molecule has 0 spiro atoms. The van der Waals surface area contributed by atoms with Gasteiger partial charge in [-0.1, -0.05) is 11.6 Å². The number of anilines is 1. The van der Waals surface area contributed by atoms with Gasteiger partial charge in [-0.15, -0.1) is 0 Å². The van der Waals surface area contributed by atoms with Gasteiger partial charge in [-0.3, -0.25) is 9.59 Å². The van der Waals surface area contributed by atoms with E-state index in [2.05, 4.69) is 5.32 Å². The molecular weight excluding hydrogens is 380 g/mol. The number of halogens is 1. The molecule has 1 atom stereocenters. The van der Waals surface area contributed by atoms with Crippen LogP contribution in [0.15, 0.2) is 42.5 Å². The summed E-state index contributed by atoms with van der Waals surface area (Å²) >= 11 is 5.99. The Morgan fingerprint density at radius 2 is 2.00 bits per heavy atom. The number of carbonyl (C=O) groups is 2. The molecule has 1 saturated heterocycles. The highest BCUT2D eigenvalue weighted by Crippen LogP contribution is 2.27. The van der Waals surface area contributed by atoms with Gasteiger partial charge in [-0.05, 0) is 49.4 Å². The number of amides is 2. The van der Waals surface area contributed by atoms with Gasteiger partial charge >= 0.3 is 0 Å². The molecule has 148 valence electrons. The molecule has 0 radical (unpaired) electrons. The standard InChI is InChI=1S/C21H23ClN2O4/c1-3-28-17-7-5-16(6-8-17)24-13-14(10-20(24)25)12-23-21(26)18-11-15(22)4-9-19(18)27-2/h4-9,11,14H,3,10,12-13H2,1-2H3,(H,23,26). The lowest BCUT2D eigenvalue weighted by Crippen LogP contribution is -2.31. The van der Waals surface area contributed by atoms with Crippen LogP contribution in [0.1, 0.15) is 23.7 Å². The van der Waals surface area contributed by atoms with Crippen LogP contribution in [0.5, 0.6) is 11.5 Å². The first-order valence-electron chi connectivity index (χ1n) is 9.16. The average molecular weight is 403 g/mol. The summed E-state index contributed by atoms with van der Waals surface area (Å²) in [5, 5.41) is 3.35. The molecule has 1 N–H and O–H groups in total. The van der Waals surface area contributed by atoms with Gasteiger partial charge in [0.05, 0.1) is 19.3 Å². The molecule has 0 aromatic heterocycles. The fraction of sp³-hybridized carbons (Fsp3) is 0.333. The number of carbonyl (C=O) groups excluding carboxylic acids is 2. The number of benzene rings is 2. The van der Waals surface area contributed by atoms with Gasteiger partial charge in [0.25, 0.3) is 5.91 Å². The molecule has 2 amide bonds. The van der Waals surface area contributed by atoms with Crippen molar-refractivity contribution in [2.24, 2.45) is 5.92 Å². The summed E-state index contributed by atoms with van der Waals surface area (Å²) in [6.45, 7) is 3.48. The van der Waals surface area contributed by atoms with Crippen LogP contribution < -0.4 is 19.7 Å². The Labute approximate surface area is 169 Å². The molecule has 1 fully saturated rings. The summed E-state index contributed by atoms with van der Waals surface area (Å²) in [6, 6.07) is 12.4. The van der Waals surface area contributed by atoms with Crippen molar-refractivity contribution in [1.29, 1.82) is 0 Å². The van der Waals surface area contributed by atoms with Gasteiger partial charge in [0, 0.05) is 36.1 Å². The van der Waals surface area contributed by atoms with Crippen LogP contribution in [0, 0.1) is 5.92 Å². The van der Waals surface area contributed by atoms with Gasteiger partial charge < -0.3 is 19.7 Å². The van der Waals surface area contributed by atoms with Crippen molar-refractivity contribution < 1.29 is 19.1 Å². The van der Waals surface area contributed by atoms with Crippen molar-refractivity contribution in [1.82, 2.24) is 5.32 Å². The molecule has 7 heteroatoms. The van der Waals surface area contributed by atoms with Gasteiger partial charge in [0.2, 0.25) is 5.91 Å². The smallest absolute Gasteiger partial charge is 0.255 e. The Balaban J connectivity index is 1.60. The van der Waals surface area contributed by atoms with E-state index in [0.29, 0.717) is 42.5 Å². The first kappa shape index (κ1) is 20.0. The van der Waals surface area contributed by atoms with Crippen molar-refractivity contribution in [3.8, 4) is 11.5 Å². The highest BCUT2D eigenvalue weighted by atomic mass is 35.5. The lowest BCUT2D eigenvalue weighted by molar-refractivity contribution is -0.117. The number of nitrogens with one attached hydrogen (secondary N) is 1. The van der Waals surface area contributed by atoms with Crippen LogP contribution >= 0.6 is 11.6 Å². The highest BCUT2D eigenvalue weighted by molar-refractivity contribution is 6.31. The summed E-state index contributed by atoms with van der Waals surface area (Å²) < 4.78 is 10.7. The zero-order valence-corrected chi connectivity index (χ0v) is 16.7. The predicted molar refractivity (Wildman–Crippen MR) is 108 cm³/mol. The topological polar surface area (TPSA) is 67.9 Å². The molecule has 0 aliphatic carbocycles. The Hall–Kier alpha value is -2.73. The minimum Gasteiger partial charge on any atom is -0.496 e. The SMILES string of the molecule is CCOc1ccc(N2CC(CNC(=O)c3cc(Cl)ccc3OC)CC2=O)cc1. The van der Waals surface area contributed by atoms with E-state index in [9.17, 15) is 9.59 Å². The normalized spacial score (nSPS) is 16.2. The maximum absolute atomic E-state index is 12.5. The molecule has 1 heterocycles. The van der Waals surface area contributed by atoms with Crippen molar-refractivity contribution in [2.75, 3.05) is 31.7 Å². The first-order chi connectivity index (χ1) is 13.5. The number of rotatable bonds is 7. The van der Waals surface area contributed by atoms with Crippen LogP contribution in [0.4, 0.5) is 5.69 Å². The Morgan fingerprint density at radius 3 is 2.68 bits per heavy atom. The van der Waals surface area contributed by atoms with Crippen LogP contribution in [-0.2, 0) is 4.79 Å². The van der Waals surface area contributed by atoms with Gasteiger partial charge in [-0.25, -0.2) is 0 Å². The average Bonchev–Trinajstić information content (AvgIpc) is 3.07. The second-order valence-corrected chi connectivity index (χ2v) is 6.99. The molecule has 1 aliphatic heterocycles. The van der Waals surface area contributed by atoms with Crippen LogP contribution in [0.3, 0.4) is 0 Å². The minimum absolute atomic E-state index is 0.0354. The summed E-state index contributed by atoms with van der Waals surface area (Å²) in [6.07, 6.45) is 0.389. The molecule has 1 unspecified atom stereocenters. The Bertz CT molecular complexity index is 854. The minimum atomic E-state index is -0.272. The molecule has 3 rings (SSSR count). The summed E-state index contributed by atoms with van der Waals surface area (Å²) in [7, 11) is 1.50. The predicted octanol–water partition coefficient (Wildman–Crippen LogP) is 3.53. The molecule has 0 saturated carbocycles. The number of hydrogen-bond donors (Lipinski definition) is 1. The van der Waals surface area contributed by atoms with E-state index in [-0.39, 0.29) is 17.7 Å². The second-order valence-electron chi connectivity index (χ2n) is 6.56. The zero-order valence-electron chi connectivity index (χ0n) is 15.9. The van der Waals surface area contributed by atoms with Crippen LogP contribution in [-0.4, -0.2) is 38.6 Å².